The molecule has 176 valence electrons. The zero-order valence-electron chi connectivity index (χ0n) is 18.7. The molecule has 11 heteroatoms. The molecule has 0 aliphatic carbocycles. The van der Waals surface area contributed by atoms with Gasteiger partial charge in [-0.3, -0.25) is 18.6 Å². The molecule has 0 saturated carbocycles. The maximum absolute atomic E-state index is 13.6. The van der Waals surface area contributed by atoms with Crippen LogP contribution in [0.1, 0.15) is 12.2 Å². The molecule has 0 fully saturated rings. The normalized spacial score (nSPS) is 10.8. The SMILES string of the molecule is COc1cc(NC(=O)CCc2nnc3c(=O)n(-c4cccc(F)c4)ccn23)cc(OC)c1OC. The first-order valence-corrected chi connectivity index (χ1v) is 10.3. The van der Waals surface area contributed by atoms with E-state index in [0.29, 0.717) is 34.4 Å². The van der Waals surface area contributed by atoms with Crippen LogP contribution in [0.3, 0.4) is 0 Å². The van der Waals surface area contributed by atoms with Gasteiger partial charge in [0.15, 0.2) is 11.5 Å². The number of carbonyl (C=O) groups is 1. The minimum absolute atomic E-state index is 0.0757. The van der Waals surface area contributed by atoms with Crippen LogP contribution < -0.4 is 25.1 Å². The van der Waals surface area contributed by atoms with Gasteiger partial charge in [0.25, 0.3) is 0 Å². The molecule has 2 aromatic carbocycles. The highest BCUT2D eigenvalue weighted by Crippen LogP contribution is 2.39. The molecule has 0 unspecified atom stereocenters. The molecule has 0 atom stereocenters. The molecule has 0 saturated heterocycles. The predicted molar refractivity (Wildman–Crippen MR) is 122 cm³/mol. The standard InChI is InChI=1S/C23H22FN5O5/c1-32-17-12-15(13-18(33-2)21(17)34-3)25-20(30)8-7-19-26-27-22-23(31)28(9-10-29(19)22)16-6-4-5-14(24)11-16/h4-6,9-13H,7-8H2,1-3H3,(H,25,30). The maximum atomic E-state index is 13.6. The van der Waals surface area contributed by atoms with Crippen LogP contribution in [0, 0.1) is 5.82 Å². The quantitative estimate of drug-likeness (QED) is 0.424. The van der Waals surface area contributed by atoms with Crippen LogP contribution >= 0.6 is 0 Å². The van der Waals surface area contributed by atoms with E-state index in [4.69, 9.17) is 14.2 Å². The van der Waals surface area contributed by atoms with Gasteiger partial charge in [-0.2, -0.15) is 0 Å². The number of methoxy groups -OCH3 is 3. The van der Waals surface area contributed by atoms with E-state index in [1.807, 2.05) is 0 Å². The number of anilines is 1. The number of benzene rings is 2. The zero-order valence-corrected chi connectivity index (χ0v) is 18.7. The summed E-state index contributed by atoms with van der Waals surface area (Å²) in [7, 11) is 4.47. The number of aryl methyl sites for hydroxylation is 1. The molecular weight excluding hydrogens is 445 g/mol. The number of amides is 1. The Morgan fingerprint density at radius 2 is 1.76 bits per heavy atom. The second kappa shape index (κ2) is 9.61. The summed E-state index contributed by atoms with van der Waals surface area (Å²) in [4.78, 5) is 25.4. The number of hydrogen-bond donors (Lipinski definition) is 1. The lowest BCUT2D eigenvalue weighted by Crippen LogP contribution is -2.20. The van der Waals surface area contributed by atoms with Gasteiger partial charge in [0, 0.05) is 43.1 Å². The van der Waals surface area contributed by atoms with E-state index in [1.54, 1.807) is 24.4 Å². The van der Waals surface area contributed by atoms with Crippen LogP contribution in [-0.2, 0) is 11.2 Å². The smallest absolute Gasteiger partial charge is 0.300 e. The monoisotopic (exact) mass is 467 g/mol. The molecule has 0 aliphatic rings. The van der Waals surface area contributed by atoms with Crippen molar-refractivity contribution in [3.63, 3.8) is 0 Å². The lowest BCUT2D eigenvalue weighted by molar-refractivity contribution is -0.116. The van der Waals surface area contributed by atoms with Crippen LogP contribution in [0.15, 0.2) is 53.6 Å². The van der Waals surface area contributed by atoms with Crippen LogP contribution in [-0.4, -0.2) is 46.4 Å². The average molecular weight is 467 g/mol. The number of halogens is 1. The Balaban J connectivity index is 1.50. The van der Waals surface area contributed by atoms with Crippen molar-refractivity contribution in [1.29, 1.82) is 0 Å². The van der Waals surface area contributed by atoms with Gasteiger partial charge < -0.3 is 19.5 Å². The first kappa shape index (κ1) is 22.8. The van der Waals surface area contributed by atoms with Crippen molar-refractivity contribution in [2.75, 3.05) is 26.6 Å². The van der Waals surface area contributed by atoms with E-state index in [0.717, 1.165) is 0 Å². The Bertz CT molecular complexity index is 1390. The molecule has 2 aromatic heterocycles. The van der Waals surface area contributed by atoms with Crippen molar-refractivity contribution >= 4 is 17.2 Å². The molecule has 34 heavy (non-hydrogen) atoms. The second-order valence-electron chi connectivity index (χ2n) is 7.23. The Morgan fingerprint density at radius 1 is 1.03 bits per heavy atom. The second-order valence-corrected chi connectivity index (χ2v) is 7.23. The number of hydrogen-bond acceptors (Lipinski definition) is 7. The summed E-state index contributed by atoms with van der Waals surface area (Å²) in [5.41, 5.74) is 0.478. The molecule has 1 amide bonds. The molecule has 0 radical (unpaired) electrons. The fourth-order valence-electron chi connectivity index (χ4n) is 3.54. The van der Waals surface area contributed by atoms with E-state index >= 15 is 0 Å². The summed E-state index contributed by atoms with van der Waals surface area (Å²) in [6.45, 7) is 0. The Kier molecular flexibility index (Phi) is 6.44. The van der Waals surface area contributed by atoms with E-state index in [9.17, 15) is 14.0 Å². The molecule has 1 N–H and O–H groups in total. The fourth-order valence-corrected chi connectivity index (χ4v) is 3.54. The van der Waals surface area contributed by atoms with Gasteiger partial charge in [-0.25, -0.2) is 4.39 Å². The fraction of sp³-hybridized carbons (Fsp3) is 0.217. The first-order chi connectivity index (χ1) is 16.4. The van der Waals surface area contributed by atoms with Gasteiger partial charge in [-0.1, -0.05) is 6.07 Å². The Hall–Kier alpha value is -4.41. The van der Waals surface area contributed by atoms with Gasteiger partial charge in [-0.15, -0.1) is 10.2 Å². The van der Waals surface area contributed by atoms with Crippen molar-refractivity contribution in [3.05, 3.63) is 70.8 Å². The molecule has 0 aliphatic heterocycles. The number of nitrogens with one attached hydrogen (secondary N) is 1. The molecule has 4 aromatic rings. The number of carbonyl (C=O) groups excluding carboxylic acids is 1. The third kappa shape index (κ3) is 4.40. The number of fused-ring (bicyclic) bond motifs is 1. The number of ether oxygens (including phenoxy) is 3. The third-order valence-corrected chi connectivity index (χ3v) is 5.15. The van der Waals surface area contributed by atoms with Crippen molar-refractivity contribution in [3.8, 4) is 22.9 Å². The molecule has 10 nitrogen and oxygen atoms in total. The van der Waals surface area contributed by atoms with Gasteiger partial charge in [-0.05, 0) is 18.2 Å². The third-order valence-electron chi connectivity index (χ3n) is 5.15. The number of nitrogens with zero attached hydrogens (tertiary/aromatic N) is 4. The summed E-state index contributed by atoms with van der Waals surface area (Å²) in [6, 6.07) is 8.93. The summed E-state index contributed by atoms with van der Waals surface area (Å²) in [6.07, 6.45) is 3.44. The van der Waals surface area contributed by atoms with Gasteiger partial charge >= 0.3 is 5.56 Å². The summed E-state index contributed by atoms with van der Waals surface area (Å²) in [5.74, 6) is 0.953. The highest BCUT2D eigenvalue weighted by molar-refractivity contribution is 5.91. The summed E-state index contributed by atoms with van der Waals surface area (Å²) >= 11 is 0. The zero-order chi connectivity index (χ0) is 24.2. The first-order valence-electron chi connectivity index (χ1n) is 10.3. The molecule has 2 heterocycles. The molecule has 0 bridgehead atoms. The average Bonchev–Trinajstić information content (AvgIpc) is 3.26. The van der Waals surface area contributed by atoms with E-state index in [1.165, 1.54) is 54.7 Å². The van der Waals surface area contributed by atoms with E-state index in [2.05, 4.69) is 15.5 Å². The Labute approximate surface area is 193 Å². The van der Waals surface area contributed by atoms with Crippen molar-refractivity contribution in [2.24, 2.45) is 0 Å². The van der Waals surface area contributed by atoms with Crippen LogP contribution in [0.25, 0.3) is 11.3 Å². The largest absolute Gasteiger partial charge is 0.493 e. The minimum Gasteiger partial charge on any atom is -0.493 e. The maximum Gasteiger partial charge on any atom is 0.300 e. The lowest BCUT2D eigenvalue weighted by Gasteiger charge is -2.14. The minimum atomic E-state index is -0.454. The van der Waals surface area contributed by atoms with Gasteiger partial charge in [0.2, 0.25) is 17.3 Å². The van der Waals surface area contributed by atoms with Crippen molar-refractivity contribution in [1.82, 2.24) is 19.2 Å². The van der Waals surface area contributed by atoms with Crippen LogP contribution in [0.2, 0.25) is 0 Å². The van der Waals surface area contributed by atoms with Crippen molar-refractivity contribution < 1.29 is 23.4 Å². The summed E-state index contributed by atoms with van der Waals surface area (Å²) in [5, 5.41) is 10.8. The molecule has 4 rings (SSSR count). The number of aromatic nitrogens is 4. The summed E-state index contributed by atoms with van der Waals surface area (Å²) < 4.78 is 32.2. The topological polar surface area (TPSA) is 109 Å². The molecular formula is C23H22FN5O5. The lowest BCUT2D eigenvalue weighted by atomic mass is 10.2. The van der Waals surface area contributed by atoms with Gasteiger partial charge in [0.05, 0.1) is 27.0 Å². The van der Waals surface area contributed by atoms with Crippen LogP contribution in [0.4, 0.5) is 10.1 Å². The van der Waals surface area contributed by atoms with E-state index < -0.39 is 11.4 Å². The van der Waals surface area contributed by atoms with Crippen molar-refractivity contribution in [2.45, 2.75) is 12.8 Å². The predicted octanol–water partition coefficient (Wildman–Crippen LogP) is 2.62. The van der Waals surface area contributed by atoms with Gasteiger partial charge in [0.1, 0.15) is 11.6 Å². The highest BCUT2D eigenvalue weighted by Gasteiger charge is 2.16. The highest BCUT2D eigenvalue weighted by atomic mass is 19.1. The Morgan fingerprint density at radius 3 is 2.41 bits per heavy atom. The molecule has 0 spiro atoms. The van der Waals surface area contributed by atoms with Crippen LogP contribution in [0.5, 0.6) is 17.2 Å². The number of rotatable bonds is 8. The van der Waals surface area contributed by atoms with E-state index in [-0.39, 0.29) is 24.4 Å².